The molecule has 1 N–H and O–H groups in total. The number of anilines is 1. The van der Waals surface area contributed by atoms with Crippen LogP contribution in [0.2, 0.25) is 0 Å². The van der Waals surface area contributed by atoms with Crippen LogP contribution in [0.3, 0.4) is 0 Å². The Morgan fingerprint density at radius 3 is 2.74 bits per heavy atom. The SMILES string of the molecule is N#Cc1ccc(NC2=NCCCS2)cc1C(F)(F)F. The fourth-order valence-electron chi connectivity index (χ4n) is 1.61. The molecule has 1 aromatic carbocycles. The van der Waals surface area contributed by atoms with Gasteiger partial charge in [-0.05, 0) is 24.6 Å². The molecule has 3 nitrogen and oxygen atoms in total. The molecule has 0 atom stereocenters. The molecule has 0 aliphatic carbocycles. The summed E-state index contributed by atoms with van der Waals surface area (Å²) in [5, 5.41) is 12.2. The van der Waals surface area contributed by atoms with E-state index in [0.717, 1.165) is 18.2 Å². The van der Waals surface area contributed by atoms with Gasteiger partial charge in [0.05, 0.1) is 17.2 Å². The number of rotatable bonds is 1. The summed E-state index contributed by atoms with van der Waals surface area (Å²) in [5.74, 6) is 0.897. The van der Waals surface area contributed by atoms with Crippen LogP contribution in [0.1, 0.15) is 17.5 Å². The smallest absolute Gasteiger partial charge is 0.335 e. The zero-order valence-electron chi connectivity index (χ0n) is 9.79. The topological polar surface area (TPSA) is 48.2 Å². The number of alkyl halides is 3. The monoisotopic (exact) mass is 285 g/mol. The number of hydrogen-bond acceptors (Lipinski definition) is 4. The molecule has 0 saturated heterocycles. The predicted octanol–water partition coefficient (Wildman–Crippen LogP) is 3.48. The third kappa shape index (κ3) is 3.41. The van der Waals surface area contributed by atoms with Gasteiger partial charge in [-0.25, -0.2) is 0 Å². The number of benzene rings is 1. The number of hydrogen-bond donors (Lipinski definition) is 1. The summed E-state index contributed by atoms with van der Waals surface area (Å²) in [7, 11) is 0. The second-order valence-electron chi connectivity index (χ2n) is 3.88. The Morgan fingerprint density at radius 2 is 2.16 bits per heavy atom. The van der Waals surface area contributed by atoms with Gasteiger partial charge in [0.25, 0.3) is 0 Å². The zero-order chi connectivity index (χ0) is 13.9. The normalized spacial score (nSPS) is 15.6. The molecule has 7 heteroatoms. The minimum absolute atomic E-state index is 0.291. The lowest BCUT2D eigenvalue weighted by Gasteiger charge is -2.15. The highest BCUT2D eigenvalue weighted by Crippen LogP contribution is 2.33. The van der Waals surface area contributed by atoms with Crippen LogP contribution < -0.4 is 5.32 Å². The van der Waals surface area contributed by atoms with E-state index in [2.05, 4.69) is 10.3 Å². The van der Waals surface area contributed by atoms with Crippen molar-refractivity contribution in [3.05, 3.63) is 29.3 Å². The van der Waals surface area contributed by atoms with Gasteiger partial charge in [-0.1, -0.05) is 11.8 Å². The fourth-order valence-corrected chi connectivity index (χ4v) is 2.45. The summed E-state index contributed by atoms with van der Waals surface area (Å²) < 4.78 is 38.3. The summed E-state index contributed by atoms with van der Waals surface area (Å²) >= 11 is 1.47. The first kappa shape index (κ1) is 13.7. The minimum Gasteiger partial charge on any atom is -0.335 e. The van der Waals surface area contributed by atoms with Crippen molar-refractivity contribution in [2.75, 3.05) is 17.6 Å². The second-order valence-corrected chi connectivity index (χ2v) is 4.97. The lowest BCUT2D eigenvalue weighted by atomic mass is 10.1. The van der Waals surface area contributed by atoms with Crippen molar-refractivity contribution in [1.82, 2.24) is 0 Å². The van der Waals surface area contributed by atoms with Gasteiger partial charge in [-0.2, -0.15) is 18.4 Å². The van der Waals surface area contributed by atoms with Gasteiger partial charge < -0.3 is 5.32 Å². The Bertz CT molecular complexity index is 546. The molecule has 1 aliphatic heterocycles. The van der Waals surface area contributed by atoms with Gasteiger partial charge in [-0.15, -0.1) is 0 Å². The van der Waals surface area contributed by atoms with E-state index in [1.807, 2.05) is 0 Å². The lowest BCUT2D eigenvalue weighted by Crippen LogP contribution is -2.15. The van der Waals surface area contributed by atoms with Gasteiger partial charge in [0.2, 0.25) is 0 Å². The Morgan fingerprint density at radius 1 is 1.37 bits per heavy atom. The molecule has 0 amide bonds. The number of aliphatic imine (C=N–C) groups is 1. The average molecular weight is 285 g/mol. The van der Waals surface area contributed by atoms with Crippen LogP contribution in [0, 0.1) is 11.3 Å². The maximum atomic E-state index is 12.8. The van der Waals surface area contributed by atoms with Gasteiger partial charge in [0, 0.05) is 18.0 Å². The van der Waals surface area contributed by atoms with E-state index in [1.165, 1.54) is 23.9 Å². The first-order chi connectivity index (χ1) is 9.00. The minimum atomic E-state index is -4.54. The predicted molar refractivity (Wildman–Crippen MR) is 69.2 cm³/mol. The van der Waals surface area contributed by atoms with Crippen molar-refractivity contribution < 1.29 is 13.2 Å². The van der Waals surface area contributed by atoms with Crippen LogP contribution in [-0.2, 0) is 6.18 Å². The van der Waals surface area contributed by atoms with Gasteiger partial charge >= 0.3 is 6.18 Å². The van der Waals surface area contributed by atoms with E-state index < -0.39 is 11.7 Å². The number of halogens is 3. The van der Waals surface area contributed by atoms with Crippen molar-refractivity contribution in [2.45, 2.75) is 12.6 Å². The Labute approximate surface area is 112 Å². The molecule has 0 aromatic heterocycles. The second kappa shape index (κ2) is 5.53. The molecule has 0 unspecified atom stereocenters. The molecule has 0 fully saturated rings. The van der Waals surface area contributed by atoms with Crippen molar-refractivity contribution in [3.63, 3.8) is 0 Å². The Balaban J connectivity index is 2.28. The number of amidine groups is 1. The maximum Gasteiger partial charge on any atom is 0.417 e. The van der Waals surface area contributed by atoms with Gasteiger partial charge in [0.15, 0.2) is 5.17 Å². The Kier molecular flexibility index (Phi) is 4.00. The highest BCUT2D eigenvalue weighted by atomic mass is 32.2. The van der Waals surface area contributed by atoms with Crippen molar-refractivity contribution >= 4 is 22.6 Å². The van der Waals surface area contributed by atoms with Crippen LogP contribution in [0.4, 0.5) is 18.9 Å². The Hall–Kier alpha value is -1.68. The first-order valence-corrected chi connectivity index (χ1v) is 6.55. The summed E-state index contributed by atoms with van der Waals surface area (Å²) in [6.45, 7) is 0.678. The van der Waals surface area contributed by atoms with Crippen LogP contribution in [0.5, 0.6) is 0 Å². The molecule has 2 rings (SSSR count). The number of thioether (sulfide) groups is 1. The lowest BCUT2D eigenvalue weighted by molar-refractivity contribution is -0.137. The third-order valence-corrected chi connectivity index (χ3v) is 3.49. The molecule has 0 saturated carbocycles. The quantitative estimate of drug-likeness (QED) is 0.859. The molecule has 1 heterocycles. The van der Waals surface area contributed by atoms with Gasteiger partial charge in [0.1, 0.15) is 0 Å². The van der Waals surface area contributed by atoms with E-state index in [0.29, 0.717) is 17.4 Å². The van der Waals surface area contributed by atoms with Crippen LogP contribution >= 0.6 is 11.8 Å². The van der Waals surface area contributed by atoms with E-state index in [9.17, 15) is 13.2 Å². The van der Waals surface area contributed by atoms with Gasteiger partial charge in [-0.3, -0.25) is 4.99 Å². The summed E-state index contributed by atoms with van der Waals surface area (Å²) in [6.07, 6.45) is -3.57. The molecule has 0 spiro atoms. The van der Waals surface area contributed by atoms with E-state index in [1.54, 1.807) is 6.07 Å². The van der Waals surface area contributed by atoms with Crippen molar-refractivity contribution in [2.24, 2.45) is 4.99 Å². The standard InChI is InChI=1S/C12H10F3N3S/c13-12(14,15)10-6-9(3-2-8(10)7-16)18-11-17-4-1-5-19-11/h2-3,6H,1,4-5H2,(H,17,18). The molecule has 100 valence electrons. The zero-order valence-corrected chi connectivity index (χ0v) is 10.6. The van der Waals surface area contributed by atoms with E-state index in [4.69, 9.17) is 5.26 Å². The molecule has 1 aromatic rings. The molecule has 0 radical (unpaired) electrons. The third-order valence-electron chi connectivity index (χ3n) is 2.49. The highest BCUT2D eigenvalue weighted by Gasteiger charge is 2.33. The van der Waals surface area contributed by atoms with Crippen molar-refractivity contribution in [1.29, 1.82) is 5.26 Å². The summed E-state index contributed by atoms with van der Waals surface area (Å²) in [4.78, 5) is 4.18. The molecular formula is C12H10F3N3S. The highest BCUT2D eigenvalue weighted by molar-refractivity contribution is 8.14. The molecule has 1 aliphatic rings. The molecular weight excluding hydrogens is 275 g/mol. The number of nitrogens with zero attached hydrogens (tertiary/aromatic N) is 2. The number of nitrogens with one attached hydrogen (secondary N) is 1. The largest absolute Gasteiger partial charge is 0.417 e. The maximum absolute atomic E-state index is 12.8. The van der Waals surface area contributed by atoms with Crippen LogP contribution in [-0.4, -0.2) is 17.5 Å². The summed E-state index contributed by atoms with van der Waals surface area (Å²) in [6, 6.07) is 5.11. The molecule has 19 heavy (non-hydrogen) atoms. The van der Waals surface area contributed by atoms with E-state index in [-0.39, 0.29) is 5.56 Å². The number of nitriles is 1. The average Bonchev–Trinajstić information content (AvgIpc) is 2.39. The molecule has 0 bridgehead atoms. The van der Waals surface area contributed by atoms with Crippen LogP contribution in [0.15, 0.2) is 23.2 Å². The summed E-state index contributed by atoms with van der Waals surface area (Å²) in [5.41, 5.74) is -1.02. The van der Waals surface area contributed by atoms with Crippen LogP contribution in [0.25, 0.3) is 0 Å². The van der Waals surface area contributed by atoms with E-state index >= 15 is 0 Å². The fraction of sp³-hybridized carbons (Fsp3) is 0.333. The van der Waals surface area contributed by atoms with Crippen molar-refractivity contribution in [3.8, 4) is 6.07 Å². The first-order valence-electron chi connectivity index (χ1n) is 5.56.